The molecule has 2 aromatic heterocycles. The molecule has 2 heterocycles. The molecule has 218 valence electrons. The molecule has 9 nitrogen and oxygen atoms in total. The Bertz CT molecular complexity index is 1450. The highest BCUT2D eigenvalue weighted by atomic mass is 16.3. The van der Waals surface area contributed by atoms with Crippen molar-refractivity contribution in [2.24, 2.45) is 10.8 Å². The largest absolute Gasteiger partial charge is 0.392 e. The summed E-state index contributed by atoms with van der Waals surface area (Å²) in [6, 6.07) is 16.6. The number of aromatic amines is 2. The fourth-order valence-electron chi connectivity index (χ4n) is 5.66. The van der Waals surface area contributed by atoms with Gasteiger partial charge in [-0.05, 0) is 61.8 Å². The number of nitrogens with one attached hydrogen (secondary N) is 4. The number of nitrogens with zero attached hydrogens (tertiary/aromatic N) is 2. The number of imidazole rings is 2. The van der Waals surface area contributed by atoms with Gasteiger partial charge in [0.15, 0.2) is 0 Å². The van der Waals surface area contributed by atoms with E-state index in [1.54, 1.807) is 13.1 Å². The first-order chi connectivity index (χ1) is 20.2. The Morgan fingerprint density at radius 3 is 1.57 bits per heavy atom. The highest BCUT2D eigenvalue weighted by molar-refractivity contribution is 5.85. The van der Waals surface area contributed by atoms with Gasteiger partial charge in [-0.3, -0.25) is 4.79 Å². The fourth-order valence-corrected chi connectivity index (χ4v) is 5.66. The van der Waals surface area contributed by atoms with Crippen LogP contribution in [0.1, 0.15) is 51.2 Å². The number of H-pyrrole nitrogens is 2. The monoisotopic (exact) mass is 566 g/mol. The zero-order valence-corrected chi connectivity index (χ0v) is 24.1. The summed E-state index contributed by atoms with van der Waals surface area (Å²) in [5.41, 5.74) is 6.15. The third-order valence-electron chi connectivity index (χ3n) is 9.10. The lowest BCUT2D eigenvalue weighted by Gasteiger charge is -2.22. The minimum Gasteiger partial charge on any atom is -0.392 e. The SMILES string of the molecule is C=C(NCc1ncc(-c2ccc(-c3ccc(-c4cnc(CNC(=O)C5(C(C)O)CC5)[nH]4)cc3)cc2)[nH]1)C1(C(C)O)CC1. The Labute approximate surface area is 245 Å². The van der Waals surface area contributed by atoms with E-state index in [2.05, 4.69) is 85.7 Å². The number of benzene rings is 2. The molecule has 4 aromatic rings. The highest BCUT2D eigenvalue weighted by Crippen LogP contribution is 2.53. The van der Waals surface area contributed by atoms with Crippen molar-refractivity contribution in [3.8, 4) is 33.6 Å². The van der Waals surface area contributed by atoms with Gasteiger partial charge in [-0.2, -0.15) is 0 Å². The molecule has 0 saturated heterocycles. The van der Waals surface area contributed by atoms with Gasteiger partial charge in [0.25, 0.3) is 0 Å². The van der Waals surface area contributed by atoms with Gasteiger partial charge in [0.2, 0.25) is 5.91 Å². The molecule has 6 N–H and O–H groups in total. The maximum Gasteiger partial charge on any atom is 0.229 e. The van der Waals surface area contributed by atoms with Crippen LogP contribution in [0.2, 0.25) is 0 Å². The van der Waals surface area contributed by atoms with Crippen molar-refractivity contribution in [1.82, 2.24) is 30.6 Å². The van der Waals surface area contributed by atoms with Crippen LogP contribution >= 0.6 is 0 Å². The summed E-state index contributed by atoms with van der Waals surface area (Å²) in [7, 11) is 0. The summed E-state index contributed by atoms with van der Waals surface area (Å²) in [5, 5.41) is 26.2. The van der Waals surface area contributed by atoms with Gasteiger partial charge in [0, 0.05) is 11.1 Å². The molecular weight excluding hydrogens is 528 g/mol. The lowest BCUT2D eigenvalue weighted by Crippen LogP contribution is -2.38. The van der Waals surface area contributed by atoms with Crippen LogP contribution in [-0.2, 0) is 17.9 Å². The quantitative estimate of drug-likeness (QED) is 0.147. The van der Waals surface area contributed by atoms with Crippen LogP contribution in [0.15, 0.2) is 73.2 Å². The molecule has 2 unspecified atom stereocenters. The molecule has 0 aliphatic heterocycles. The second kappa shape index (κ2) is 10.9. The summed E-state index contributed by atoms with van der Waals surface area (Å²) in [4.78, 5) is 28.1. The van der Waals surface area contributed by atoms with E-state index in [4.69, 9.17) is 0 Å². The standard InChI is InChI=1S/C33H38N6O3/c1-20(32(12-13-32)21(2)40)34-18-29-35-16-27(38-29)25-8-4-23(5-9-25)24-6-10-26(11-7-24)28-17-36-30(39-28)19-37-31(42)33(14-15-33)22(3)41/h4-11,16-17,21-22,34,40-41H,1,12-15,18-19H2,2-3H3,(H,35,38)(H,36,39)(H,37,42). The Hall–Kier alpha value is -4.21. The minimum absolute atomic E-state index is 0.114. The average molecular weight is 567 g/mol. The molecule has 2 fully saturated rings. The number of carbonyl (C=O) groups excluding carboxylic acids is 1. The normalized spacial score (nSPS) is 17.7. The van der Waals surface area contributed by atoms with Crippen molar-refractivity contribution in [2.75, 3.05) is 0 Å². The predicted octanol–water partition coefficient (Wildman–Crippen LogP) is 4.68. The van der Waals surface area contributed by atoms with Crippen LogP contribution < -0.4 is 10.6 Å². The van der Waals surface area contributed by atoms with Crippen LogP contribution in [0.4, 0.5) is 0 Å². The Morgan fingerprint density at radius 1 is 0.762 bits per heavy atom. The number of amides is 1. The van der Waals surface area contributed by atoms with E-state index in [0.717, 1.165) is 70.8 Å². The summed E-state index contributed by atoms with van der Waals surface area (Å²) in [5.74, 6) is 1.38. The third-order valence-corrected chi connectivity index (χ3v) is 9.10. The second-order valence-corrected chi connectivity index (χ2v) is 11.8. The molecule has 1 amide bonds. The van der Waals surface area contributed by atoms with Crippen LogP contribution in [-0.4, -0.2) is 48.3 Å². The first-order valence-electron chi connectivity index (χ1n) is 14.6. The van der Waals surface area contributed by atoms with Gasteiger partial charge < -0.3 is 30.8 Å². The van der Waals surface area contributed by atoms with E-state index in [9.17, 15) is 15.0 Å². The Morgan fingerprint density at radius 2 is 1.17 bits per heavy atom. The van der Waals surface area contributed by atoms with E-state index in [-0.39, 0.29) is 11.3 Å². The van der Waals surface area contributed by atoms with Gasteiger partial charge in [-0.25, -0.2) is 9.97 Å². The number of rotatable bonds is 12. The van der Waals surface area contributed by atoms with Crippen molar-refractivity contribution in [2.45, 2.75) is 64.8 Å². The lowest BCUT2D eigenvalue weighted by atomic mass is 9.97. The zero-order chi connectivity index (χ0) is 29.5. The highest BCUT2D eigenvalue weighted by Gasteiger charge is 2.53. The van der Waals surface area contributed by atoms with Crippen molar-refractivity contribution in [3.05, 3.63) is 84.8 Å². The van der Waals surface area contributed by atoms with E-state index >= 15 is 0 Å². The molecule has 2 aliphatic carbocycles. The number of carbonyl (C=O) groups is 1. The maximum absolute atomic E-state index is 12.5. The van der Waals surface area contributed by atoms with Crippen LogP contribution in [0, 0.1) is 10.8 Å². The molecule has 0 bridgehead atoms. The number of aromatic nitrogens is 4. The average Bonchev–Trinajstić information content (AvgIpc) is 3.90. The second-order valence-electron chi connectivity index (χ2n) is 11.8. The number of aliphatic hydroxyl groups is 2. The lowest BCUT2D eigenvalue weighted by molar-refractivity contribution is -0.130. The smallest absolute Gasteiger partial charge is 0.229 e. The van der Waals surface area contributed by atoms with Gasteiger partial charge in [-0.1, -0.05) is 55.1 Å². The first-order valence-corrected chi connectivity index (χ1v) is 14.6. The zero-order valence-electron chi connectivity index (χ0n) is 24.1. The molecule has 6 rings (SSSR count). The van der Waals surface area contributed by atoms with Crippen molar-refractivity contribution in [3.63, 3.8) is 0 Å². The Balaban J connectivity index is 1.04. The van der Waals surface area contributed by atoms with Gasteiger partial charge in [-0.15, -0.1) is 0 Å². The van der Waals surface area contributed by atoms with E-state index < -0.39 is 17.6 Å². The summed E-state index contributed by atoms with van der Waals surface area (Å²) >= 11 is 0. The van der Waals surface area contributed by atoms with Crippen LogP contribution in [0.25, 0.3) is 33.6 Å². The van der Waals surface area contributed by atoms with Crippen molar-refractivity contribution in [1.29, 1.82) is 0 Å². The summed E-state index contributed by atoms with van der Waals surface area (Å²) in [6.45, 7) is 8.47. The molecule has 0 radical (unpaired) electrons. The van der Waals surface area contributed by atoms with Gasteiger partial charge >= 0.3 is 0 Å². The Kier molecular flexibility index (Phi) is 7.24. The molecule has 2 aliphatic rings. The summed E-state index contributed by atoms with van der Waals surface area (Å²) < 4.78 is 0. The van der Waals surface area contributed by atoms with E-state index in [1.807, 2.05) is 13.1 Å². The molecule has 2 atom stereocenters. The molecule has 2 saturated carbocycles. The van der Waals surface area contributed by atoms with E-state index in [0.29, 0.717) is 18.9 Å². The molecule has 2 aromatic carbocycles. The van der Waals surface area contributed by atoms with Crippen molar-refractivity contribution < 1.29 is 15.0 Å². The van der Waals surface area contributed by atoms with Gasteiger partial charge in [0.1, 0.15) is 11.6 Å². The first kappa shape index (κ1) is 27.9. The maximum atomic E-state index is 12.5. The summed E-state index contributed by atoms with van der Waals surface area (Å²) in [6.07, 6.45) is 5.94. The number of aliphatic hydroxyl groups excluding tert-OH is 2. The minimum atomic E-state index is -0.645. The van der Waals surface area contributed by atoms with Crippen LogP contribution in [0.3, 0.4) is 0 Å². The molecule has 9 heteroatoms. The number of hydrogen-bond acceptors (Lipinski definition) is 6. The fraction of sp³-hybridized carbons (Fsp3) is 0.364. The molecule has 42 heavy (non-hydrogen) atoms. The number of hydrogen-bond donors (Lipinski definition) is 6. The van der Waals surface area contributed by atoms with E-state index in [1.165, 1.54) is 0 Å². The topological polar surface area (TPSA) is 139 Å². The van der Waals surface area contributed by atoms with Gasteiger partial charge in [0.05, 0.1) is 54.5 Å². The van der Waals surface area contributed by atoms with Crippen LogP contribution in [0.5, 0.6) is 0 Å². The molecular formula is C33H38N6O3. The van der Waals surface area contributed by atoms with Crippen molar-refractivity contribution >= 4 is 5.91 Å². The predicted molar refractivity (Wildman–Crippen MR) is 162 cm³/mol. The third kappa shape index (κ3) is 5.37. The molecule has 0 spiro atoms.